The number of hydrogen-bond acceptors (Lipinski definition) is 3. The fourth-order valence-corrected chi connectivity index (χ4v) is 1.55. The number of aromatic nitrogens is 4. The van der Waals surface area contributed by atoms with Gasteiger partial charge in [0.05, 0.1) is 11.1 Å². The van der Waals surface area contributed by atoms with E-state index in [4.69, 9.17) is 0 Å². The second-order valence-corrected chi connectivity index (χ2v) is 3.32. The number of aryl methyl sites for hydroxylation is 1. The van der Waals surface area contributed by atoms with Crippen LogP contribution >= 0.6 is 0 Å². The van der Waals surface area contributed by atoms with Gasteiger partial charge in [-0.15, -0.1) is 0 Å². The van der Waals surface area contributed by atoms with Crippen LogP contribution in [-0.2, 0) is 7.05 Å². The normalized spacial score (nSPS) is 12.0. The molecule has 0 saturated heterocycles. The Bertz CT molecular complexity index is 537. The van der Waals surface area contributed by atoms with E-state index in [9.17, 15) is 0 Å². The molecular formula is C11H12N4. The Morgan fingerprint density at radius 3 is 3.07 bits per heavy atom. The third-order valence-electron chi connectivity index (χ3n) is 2.24. The van der Waals surface area contributed by atoms with Crippen LogP contribution in [0.2, 0.25) is 0 Å². The summed E-state index contributed by atoms with van der Waals surface area (Å²) in [6, 6.07) is 0. The molecule has 15 heavy (non-hydrogen) atoms. The SMILES string of the molecule is C=C/C=C(\C)c1nn(C)c2ncncc12. The molecule has 0 radical (unpaired) electrons. The molecule has 0 atom stereocenters. The average molecular weight is 200 g/mol. The lowest BCUT2D eigenvalue weighted by molar-refractivity contribution is 0.780. The van der Waals surface area contributed by atoms with Crippen LogP contribution in [0, 0.1) is 0 Å². The second kappa shape index (κ2) is 3.65. The molecule has 0 spiro atoms. The molecular weight excluding hydrogens is 188 g/mol. The molecule has 0 N–H and O–H groups in total. The van der Waals surface area contributed by atoms with Crippen LogP contribution < -0.4 is 0 Å². The van der Waals surface area contributed by atoms with Gasteiger partial charge in [-0.3, -0.25) is 0 Å². The van der Waals surface area contributed by atoms with Crippen molar-refractivity contribution < 1.29 is 0 Å². The highest BCUT2D eigenvalue weighted by Crippen LogP contribution is 2.21. The van der Waals surface area contributed by atoms with Crippen LogP contribution in [0.1, 0.15) is 12.6 Å². The Morgan fingerprint density at radius 1 is 1.53 bits per heavy atom. The minimum atomic E-state index is 0.844. The maximum atomic E-state index is 4.41. The standard InChI is InChI=1S/C11H12N4/c1-4-5-8(2)10-9-6-12-7-13-11(9)15(3)14-10/h4-7H,1H2,2-3H3/b8-5+. The molecule has 0 aliphatic rings. The smallest absolute Gasteiger partial charge is 0.161 e. The Balaban J connectivity index is 2.72. The zero-order valence-corrected chi connectivity index (χ0v) is 8.81. The predicted molar refractivity (Wildman–Crippen MR) is 60.2 cm³/mol. The second-order valence-electron chi connectivity index (χ2n) is 3.32. The lowest BCUT2D eigenvalue weighted by Crippen LogP contribution is -1.92. The van der Waals surface area contributed by atoms with E-state index < -0.39 is 0 Å². The Hall–Kier alpha value is -1.97. The van der Waals surface area contributed by atoms with E-state index in [1.165, 1.54) is 6.33 Å². The molecule has 2 heterocycles. The molecule has 76 valence electrons. The molecule has 0 amide bonds. The minimum absolute atomic E-state index is 0.844. The third-order valence-corrected chi connectivity index (χ3v) is 2.24. The fraction of sp³-hybridized carbons (Fsp3) is 0.182. The predicted octanol–water partition coefficient (Wildman–Crippen LogP) is 1.95. The highest BCUT2D eigenvalue weighted by atomic mass is 15.3. The first-order valence-electron chi connectivity index (χ1n) is 4.66. The Labute approximate surface area is 88.0 Å². The summed E-state index contributed by atoms with van der Waals surface area (Å²) in [5.74, 6) is 0. The van der Waals surface area contributed by atoms with Crippen molar-refractivity contribution in [2.45, 2.75) is 6.92 Å². The molecule has 4 heteroatoms. The van der Waals surface area contributed by atoms with E-state index in [0.717, 1.165) is 22.3 Å². The van der Waals surface area contributed by atoms with Gasteiger partial charge < -0.3 is 0 Å². The molecule has 4 nitrogen and oxygen atoms in total. The van der Waals surface area contributed by atoms with Crippen LogP contribution in [0.5, 0.6) is 0 Å². The molecule has 0 aromatic carbocycles. The lowest BCUT2D eigenvalue weighted by Gasteiger charge is -1.93. The summed E-state index contributed by atoms with van der Waals surface area (Å²) in [5, 5.41) is 5.37. The van der Waals surface area contributed by atoms with E-state index >= 15 is 0 Å². The van der Waals surface area contributed by atoms with Gasteiger partial charge >= 0.3 is 0 Å². The van der Waals surface area contributed by atoms with Crippen LogP contribution in [0.3, 0.4) is 0 Å². The van der Waals surface area contributed by atoms with Crippen LogP contribution in [0.15, 0.2) is 31.3 Å². The minimum Gasteiger partial charge on any atom is -0.250 e. The molecule has 0 aliphatic carbocycles. The molecule has 0 bridgehead atoms. The first-order chi connectivity index (χ1) is 7.24. The maximum absolute atomic E-state index is 4.41. The van der Waals surface area contributed by atoms with Gasteiger partial charge in [0, 0.05) is 13.2 Å². The van der Waals surface area contributed by atoms with Gasteiger partial charge in [-0.25, -0.2) is 14.6 Å². The molecule has 2 aromatic heterocycles. The summed E-state index contributed by atoms with van der Waals surface area (Å²) < 4.78 is 1.76. The number of nitrogens with zero attached hydrogens (tertiary/aromatic N) is 4. The molecule has 2 rings (SSSR count). The monoisotopic (exact) mass is 200 g/mol. The lowest BCUT2D eigenvalue weighted by atomic mass is 10.1. The largest absolute Gasteiger partial charge is 0.250 e. The number of allylic oxidation sites excluding steroid dienone is 3. The van der Waals surface area contributed by atoms with Crippen molar-refractivity contribution >= 4 is 16.6 Å². The molecule has 0 saturated carbocycles. The average Bonchev–Trinajstić information content (AvgIpc) is 2.58. The summed E-state index contributed by atoms with van der Waals surface area (Å²) in [6.45, 7) is 5.67. The topological polar surface area (TPSA) is 43.6 Å². The Kier molecular flexibility index (Phi) is 2.33. The first kappa shape index (κ1) is 9.58. The zero-order chi connectivity index (χ0) is 10.8. The van der Waals surface area contributed by atoms with E-state index in [1.807, 2.05) is 20.0 Å². The van der Waals surface area contributed by atoms with Crippen molar-refractivity contribution in [1.29, 1.82) is 0 Å². The number of hydrogen-bond donors (Lipinski definition) is 0. The van der Waals surface area contributed by atoms with Crippen molar-refractivity contribution in [3.05, 3.63) is 36.9 Å². The van der Waals surface area contributed by atoms with Crippen LogP contribution in [0.25, 0.3) is 16.6 Å². The van der Waals surface area contributed by atoms with E-state index in [0.29, 0.717) is 0 Å². The van der Waals surface area contributed by atoms with Crippen molar-refractivity contribution in [2.75, 3.05) is 0 Å². The molecule has 0 unspecified atom stereocenters. The Morgan fingerprint density at radius 2 is 2.33 bits per heavy atom. The van der Waals surface area contributed by atoms with Gasteiger partial charge in [0.2, 0.25) is 0 Å². The van der Waals surface area contributed by atoms with Gasteiger partial charge in [0.1, 0.15) is 6.33 Å². The van der Waals surface area contributed by atoms with E-state index in [-0.39, 0.29) is 0 Å². The number of fused-ring (bicyclic) bond motifs is 1. The molecule has 2 aromatic rings. The summed E-state index contributed by atoms with van der Waals surface area (Å²) in [5.41, 5.74) is 2.82. The first-order valence-corrected chi connectivity index (χ1v) is 4.66. The summed E-state index contributed by atoms with van der Waals surface area (Å²) in [4.78, 5) is 8.19. The molecule has 0 fully saturated rings. The summed E-state index contributed by atoms with van der Waals surface area (Å²) in [7, 11) is 1.88. The van der Waals surface area contributed by atoms with Crippen LogP contribution in [-0.4, -0.2) is 19.7 Å². The van der Waals surface area contributed by atoms with Gasteiger partial charge in [-0.05, 0) is 12.5 Å². The van der Waals surface area contributed by atoms with Crippen molar-refractivity contribution in [2.24, 2.45) is 7.05 Å². The highest BCUT2D eigenvalue weighted by Gasteiger charge is 2.09. The van der Waals surface area contributed by atoms with Gasteiger partial charge in [0.15, 0.2) is 5.65 Å². The van der Waals surface area contributed by atoms with E-state index in [2.05, 4.69) is 21.6 Å². The molecule has 0 aliphatic heterocycles. The number of rotatable bonds is 2. The summed E-state index contributed by atoms with van der Waals surface area (Å²) >= 11 is 0. The highest BCUT2D eigenvalue weighted by molar-refractivity contribution is 5.87. The zero-order valence-electron chi connectivity index (χ0n) is 8.81. The van der Waals surface area contributed by atoms with Gasteiger partial charge in [0.25, 0.3) is 0 Å². The van der Waals surface area contributed by atoms with Crippen molar-refractivity contribution in [1.82, 2.24) is 19.7 Å². The quantitative estimate of drug-likeness (QED) is 0.696. The van der Waals surface area contributed by atoms with Crippen LogP contribution in [0.4, 0.5) is 0 Å². The van der Waals surface area contributed by atoms with Gasteiger partial charge in [-0.2, -0.15) is 5.10 Å². The third kappa shape index (κ3) is 1.54. The summed E-state index contributed by atoms with van der Waals surface area (Å²) in [6.07, 6.45) is 6.99. The maximum Gasteiger partial charge on any atom is 0.161 e. The van der Waals surface area contributed by atoms with E-state index in [1.54, 1.807) is 17.0 Å². The van der Waals surface area contributed by atoms with Crippen molar-refractivity contribution in [3.8, 4) is 0 Å². The fourth-order valence-electron chi connectivity index (χ4n) is 1.55. The van der Waals surface area contributed by atoms with Gasteiger partial charge in [-0.1, -0.05) is 18.7 Å². The van der Waals surface area contributed by atoms with Crippen molar-refractivity contribution in [3.63, 3.8) is 0 Å².